The van der Waals surface area contributed by atoms with Crippen molar-refractivity contribution in [3.8, 4) is 0 Å². The summed E-state index contributed by atoms with van der Waals surface area (Å²) in [7, 11) is 0. The summed E-state index contributed by atoms with van der Waals surface area (Å²) in [6, 6.07) is 0. The van der Waals surface area contributed by atoms with E-state index in [4.69, 9.17) is 5.11 Å². The van der Waals surface area contributed by atoms with Gasteiger partial charge in [0.1, 0.15) is 13.2 Å². The molecule has 0 atom stereocenters. The molecule has 0 aliphatic rings. The summed E-state index contributed by atoms with van der Waals surface area (Å²) in [4.78, 5) is 29.9. The van der Waals surface area contributed by atoms with Crippen molar-refractivity contribution in [1.82, 2.24) is 0 Å². The van der Waals surface area contributed by atoms with Crippen LogP contribution in [0.3, 0.4) is 0 Å². The third kappa shape index (κ3) is 20.1. The van der Waals surface area contributed by atoms with Crippen LogP contribution in [0, 0.1) is 0 Å². The molecule has 0 saturated carbocycles. The fraction of sp³-hybridized carbons (Fsp3) is 0.364. The predicted molar refractivity (Wildman–Crippen MR) is 60.2 cm³/mol. The first kappa shape index (κ1) is 17.3. The van der Waals surface area contributed by atoms with E-state index in [1.165, 1.54) is 13.8 Å². The van der Waals surface area contributed by atoms with Crippen LogP contribution in [0.1, 0.15) is 13.8 Å². The maximum absolute atomic E-state index is 10.3. The summed E-state index contributed by atoms with van der Waals surface area (Å²) in [5, 5.41) is 7.60. The van der Waals surface area contributed by atoms with E-state index in [-0.39, 0.29) is 25.2 Å². The number of aliphatic carboxylic acids is 1. The number of esters is 2. The normalized spacial score (nSPS) is 8.12. The Hall–Kier alpha value is -2.11. The Morgan fingerprint density at radius 2 is 1.41 bits per heavy atom. The molecule has 0 saturated heterocycles. The van der Waals surface area contributed by atoms with Crippen LogP contribution >= 0.6 is 0 Å². The minimum absolute atomic E-state index is 0.0998. The van der Waals surface area contributed by atoms with Crippen LogP contribution in [-0.4, -0.2) is 36.2 Å². The number of rotatable bonds is 5. The van der Waals surface area contributed by atoms with E-state index in [1.54, 1.807) is 0 Å². The van der Waals surface area contributed by atoms with Crippen molar-refractivity contribution >= 4 is 17.9 Å². The molecule has 0 aromatic carbocycles. The smallest absolute Gasteiger partial charge is 0.327 e. The summed E-state index contributed by atoms with van der Waals surface area (Å²) < 4.78 is 9.21. The Balaban J connectivity index is 0. The number of carbonyl (C=O) groups excluding carboxylic acids is 2. The Morgan fingerprint density at radius 1 is 1.12 bits per heavy atom. The van der Waals surface area contributed by atoms with Crippen LogP contribution in [0.5, 0.6) is 0 Å². The molecule has 0 heterocycles. The quantitative estimate of drug-likeness (QED) is 0.439. The van der Waals surface area contributed by atoms with Gasteiger partial charge in [-0.3, -0.25) is 9.59 Å². The SMILES string of the molecule is C=C(COC(C)=O)COC(C)=O.C=CC(=O)O. The number of ether oxygens (including phenoxy) is 2. The lowest BCUT2D eigenvalue weighted by molar-refractivity contribution is -0.141. The zero-order valence-electron chi connectivity index (χ0n) is 9.89. The van der Waals surface area contributed by atoms with Gasteiger partial charge in [0.2, 0.25) is 0 Å². The van der Waals surface area contributed by atoms with Crippen LogP contribution in [0.25, 0.3) is 0 Å². The molecule has 6 nitrogen and oxygen atoms in total. The van der Waals surface area contributed by atoms with Gasteiger partial charge in [-0.15, -0.1) is 0 Å². The minimum Gasteiger partial charge on any atom is -0.478 e. The second-order valence-electron chi connectivity index (χ2n) is 2.85. The van der Waals surface area contributed by atoms with Gasteiger partial charge in [0.15, 0.2) is 0 Å². The maximum atomic E-state index is 10.3. The zero-order chi connectivity index (χ0) is 13.8. The Kier molecular flexibility index (Phi) is 10.6. The van der Waals surface area contributed by atoms with Gasteiger partial charge >= 0.3 is 17.9 Å². The topological polar surface area (TPSA) is 89.9 Å². The van der Waals surface area contributed by atoms with Crippen molar-refractivity contribution in [3.05, 3.63) is 24.8 Å². The van der Waals surface area contributed by atoms with Crippen LogP contribution in [0.4, 0.5) is 0 Å². The van der Waals surface area contributed by atoms with Crippen molar-refractivity contribution in [2.75, 3.05) is 13.2 Å². The van der Waals surface area contributed by atoms with E-state index >= 15 is 0 Å². The minimum atomic E-state index is -0.981. The van der Waals surface area contributed by atoms with E-state index < -0.39 is 5.97 Å². The highest BCUT2D eigenvalue weighted by Crippen LogP contribution is 1.93. The highest BCUT2D eigenvalue weighted by atomic mass is 16.5. The fourth-order valence-electron chi connectivity index (χ4n) is 0.449. The lowest BCUT2D eigenvalue weighted by Gasteiger charge is -2.05. The molecule has 0 aromatic rings. The van der Waals surface area contributed by atoms with Gasteiger partial charge in [0.05, 0.1) is 0 Å². The fourth-order valence-corrected chi connectivity index (χ4v) is 0.449. The molecule has 0 aliphatic carbocycles. The number of carboxylic acids is 1. The van der Waals surface area contributed by atoms with Gasteiger partial charge in [-0.2, -0.15) is 0 Å². The van der Waals surface area contributed by atoms with E-state index in [0.717, 1.165) is 6.08 Å². The van der Waals surface area contributed by atoms with Gasteiger partial charge in [0.25, 0.3) is 0 Å². The molecular weight excluding hydrogens is 228 g/mol. The summed E-state index contributed by atoms with van der Waals surface area (Å²) in [5.41, 5.74) is 0.556. The number of hydrogen-bond donors (Lipinski definition) is 1. The zero-order valence-corrected chi connectivity index (χ0v) is 9.89. The summed E-state index contributed by atoms with van der Waals surface area (Å²) in [5.74, 6) is -1.73. The highest BCUT2D eigenvalue weighted by Gasteiger charge is 1.99. The van der Waals surface area contributed by atoms with Crippen LogP contribution in [-0.2, 0) is 23.9 Å². The van der Waals surface area contributed by atoms with Crippen molar-refractivity contribution in [3.63, 3.8) is 0 Å². The van der Waals surface area contributed by atoms with Crippen LogP contribution in [0.15, 0.2) is 24.8 Å². The van der Waals surface area contributed by atoms with Crippen molar-refractivity contribution in [2.45, 2.75) is 13.8 Å². The summed E-state index contributed by atoms with van der Waals surface area (Å²) in [6.07, 6.45) is 0.833. The Morgan fingerprint density at radius 3 is 1.59 bits per heavy atom. The van der Waals surface area contributed by atoms with Gasteiger partial charge < -0.3 is 14.6 Å². The molecular formula is C11H16O6. The monoisotopic (exact) mass is 244 g/mol. The predicted octanol–water partition coefficient (Wildman–Crippen LogP) is 0.926. The molecule has 0 rings (SSSR count). The van der Waals surface area contributed by atoms with Gasteiger partial charge in [-0.1, -0.05) is 13.2 Å². The molecule has 0 fully saturated rings. The molecule has 0 bridgehead atoms. The molecule has 0 amide bonds. The molecule has 17 heavy (non-hydrogen) atoms. The van der Waals surface area contributed by atoms with E-state index in [9.17, 15) is 14.4 Å². The third-order valence-electron chi connectivity index (χ3n) is 1.13. The molecule has 6 heteroatoms. The number of carboxylic acid groups (broad SMARTS) is 1. The van der Waals surface area contributed by atoms with E-state index in [2.05, 4.69) is 22.6 Å². The van der Waals surface area contributed by atoms with Crippen molar-refractivity contribution in [1.29, 1.82) is 0 Å². The average molecular weight is 244 g/mol. The average Bonchev–Trinajstić information content (AvgIpc) is 2.24. The summed E-state index contributed by atoms with van der Waals surface area (Å²) in [6.45, 7) is 9.31. The summed E-state index contributed by atoms with van der Waals surface area (Å²) >= 11 is 0. The molecule has 1 N–H and O–H groups in total. The van der Waals surface area contributed by atoms with Crippen molar-refractivity contribution in [2.24, 2.45) is 0 Å². The van der Waals surface area contributed by atoms with Crippen LogP contribution in [0.2, 0.25) is 0 Å². The number of carbonyl (C=O) groups is 3. The second kappa shape index (κ2) is 10.4. The second-order valence-corrected chi connectivity index (χ2v) is 2.85. The van der Waals surface area contributed by atoms with E-state index in [1.807, 2.05) is 0 Å². The van der Waals surface area contributed by atoms with Gasteiger partial charge in [-0.05, 0) is 5.57 Å². The molecule has 0 radical (unpaired) electrons. The first-order valence-electron chi connectivity index (χ1n) is 4.58. The third-order valence-corrected chi connectivity index (χ3v) is 1.13. The highest BCUT2D eigenvalue weighted by molar-refractivity contribution is 5.78. The Bertz CT molecular complexity index is 285. The maximum Gasteiger partial charge on any atom is 0.327 e. The van der Waals surface area contributed by atoms with Gasteiger partial charge in [0, 0.05) is 19.9 Å². The van der Waals surface area contributed by atoms with Crippen LogP contribution < -0.4 is 0 Å². The first-order chi connectivity index (χ1) is 7.79. The van der Waals surface area contributed by atoms with Crippen molar-refractivity contribution < 1.29 is 29.0 Å². The first-order valence-corrected chi connectivity index (χ1v) is 4.58. The lowest BCUT2D eigenvalue weighted by atomic mass is 10.3. The molecule has 0 aliphatic heterocycles. The Labute approximate surface area is 99.5 Å². The molecule has 0 unspecified atom stereocenters. The number of hydrogen-bond acceptors (Lipinski definition) is 5. The lowest BCUT2D eigenvalue weighted by Crippen LogP contribution is -2.09. The molecule has 0 aromatic heterocycles. The van der Waals surface area contributed by atoms with E-state index in [0.29, 0.717) is 5.57 Å². The van der Waals surface area contributed by atoms with Gasteiger partial charge in [-0.25, -0.2) is 4.79 Å². The molecule has 96 valence electrons. The largest absolute Gasteiger partial charge is 0.478 e. The standard InChI is InChI=1S/C8H12O4.C3H4O2/c1-6(4-11-7(2)9)5-12-8(3)10;1-2-3(4)5/h1,4-5H2,2-3H3;2H,1H2,(H,4,5). The molecule has 0 spiro atoms.